The Hall–Kier alpha value is -2.83. The van der Waals surface area contributed by atoms with Crippen LogP contribution in [0.1, 0.15) is 23.4 Å². The molecule has 20 heavy (non-hydrogen) atoms. The molecule has 0 radical (unpaired) electrons. The van der Waals surface area contributed by atoms with Crippen molar-refractivity contribution in [1.82, 2.24) is 25.1 Å². The highest BCUT2D eigenvalue weighted by atomic mass is 16.2. The average molecular weight is 268 g/mol. The number of benzene rings is 1. The highest BCUT2D eigenvalue weighted by Crippen LogP contribution is 2.15. The van der Waals surface area contributed by atoms with E-state index in [0.717, 1.165) is 11.0 Å². The Morgan fingerprint density at radius 3 is 2.80 bits per heavy atom. The molecule has 7 heteroatoms. The first-order valence-electron chi connectivity index (χ1n) is 6.19. The molecule has 1 amide bonds. The van der Waals surface area contributed by atoms with E-state index in [-0.39, 0.29) is 11.7 Å². The van der Waals surface area contributed by atoms with E-state index in [2.05, 4.69) is 30.5 Å². The maximum absolute atomic E-state index is 12.0. The first-order valence-corrected chi connectivity index (χ1v) is 6.19. The minimum Gasteiger partial charge on any atom is -0.319 e. The number of hydrogen-bond acceptors (Lipinski definition) is 5. The number of aryl methyl sites for hydroxylation is 1. The zero-order chi connectivity index (χ0) is 13.9. The highest BCUT2D eigenvalue weighted by Gasteiger charge is 2.12. The minimum absolute atomic E-state index is 0.126. The summed E-state index contributed by atoms with van der Waals surface area (Å²) in [6.07, 6.45) is 3.93. The molecule has 2 aromatic heterocycles. The van der Waals surface area contributed by atoms with E-state index in [1.165, 1.54) is 0 Å². The lowest BCUT2D eigenvalue weighted by Gasteiger charge is -2.03. The number of carbonyl (C=O) groups is 1. The third-order valence-electron chi connectivity index (χ3n) is 2.80. The SMILES string of the molecule is CCc1nc(C(=O)Nc2ccc3nccnc3c2)n[nH]1. The second-order valence-corrected chi connectivity index (χ2v) is 4.17. The molecule has 0 aliphatic rings. The summed E-state index contributed by atoms with van der Waals surface area (Å²) in [5, 5.41) is 9.31. The largest absolute Gasteiger partial charge is 0.319 e. The van der Waals surface area contributed by atoms with Crippen molar-refractivity contribution < 1.29 is 4.79 Å². The molecular weight excluding hydrogens is 256 g/mol. The molecule has 0 spiro atoms. The van der Waals surface area contributed by atoms with Crippen molar-refractivity contribution in [2.75, 3.05) is 5.32 Å². The van der Waals surface area contributed by atoms with Crippen molar-refractivity contribution in [2.24, 2.45) is 0 Å². The molecule has 0 unspecified atom stereocenters. The Morgan fingerprint density at radius 1 is 1.25 bits per heavy atom. The fraction of sp³-hybridized carbons (Fsp3) is 0.154. The summed E-state index contributed by atoms with van der Waals surface area (Å²) >= 11 is 0. The molecule has 0 aliphatic carbocycles. The number of aromatic amines is 1. The predicted octanol–water partition coefficient (Wildman–Crippen LogP) is 1.56. The normalized spacial score (nSPS) is 10.7. The van der Waals surface area contributed by atoms with Crippen molar-refractivity contribution in [2.45, 2.75) is 13.3 Å². The summed E-state index contributed by atoms with van der Waals surface area (Å²) in [5.41, 5.74) is 2.12. The molecule has 3 rings (SSSR count). The van der Waals surface area contributed by atoms with Crippen molar-refractivity contribution in [3.8, 4) is 0 Å². The van der Waals surface area contributed by atoms with E-state index >= 15 is 0 Å². The van der Waals surface area contributed by atoms with Crippen LogP contribution in [0.15, 0.2) is 30.6 Å². The molecule has 0 bridgehead atoms. The van der Waals surface area contributed by atoms with Gasteiger partial charge in [0, 0.05) is 24.5 Å². The molecule has 7 nitrogen and oxygen atoms in total. The Morgan fingerprint density at radius 2 is 2.05 bits per heavy atom. The van der Waals surface area contributed by atoms with Crippen LogP contribution in [0.2, 0.25) is 0 Å². The molecule has 0 saturated heterocycles. The Balaban J connectivity index is 1.83. The third-order valence-corrected chi connectivity index (χ3v) is 2.80. The second kappa shape index (κ2) is 5.04. The van der Waals surface area contributed by atoms with Gasteiger partial charge in [0.1, 0.15) is 5.82 Å². The van der Waals surface area contributed by atoms with Crippen LogP contribution < -0.4 is 5.32 Å². The molecule has 1 aromatic carbocycles. The van der Waals surface area contributed by atoms with Crippen LogP contribution >= 0.6 is 0 Å². The Labute approximate surface area is 114 Å². The zero-order valence-electron chi connectivity index (χ0n) is 10.8. The highest BCUT2D eigenvalue weighted by molar-refractivity contribution is 6.02. The van der Waals surface area contributed by atoms with Crippen LogP contribution in [-0.2, 0) is 6.42 Å². The lowest BCUT2D eigenvalue weighted by atomic mass is 10.2. The standard InChI is InChI=1S/C13H12N6O/c1-2-11-17-12(19-18-11)13(20)16-8-3-4-9-10(7-8)15-6-5-14-9/h3-7H,2H2,1H3,(H,16,20)(H,17,18,19). The van der Waals surface area contributed by atoms with Crippen molar-refractivity contribution >= 4 is 22.6 Å². The van der Waals surface area contributed by atoms with Crippen LogP contribution in [0.5, 0.6) is 0 Å². The maximum atomic E-state index is 12.0. The number of carbonyl (C=O) groups excluding carboxylic acids is 1. The number of fused-ring (bicyclic) bond motifs is 1. The molecule has 0 saturated carbocycles. The molecule has 2 heterocycles. The van der Waals surface area contributed by atoms with Gasteiger partial charge in [-0.3, -0.25) is 19.9 Å². The summed E-state index contributed by atoms with van der Waals surface area (Å²) in [4.78, 5) is 24.4. The molecule has 100 valence electrons. The van der Waals surface area contributed by atoms with E-state index < -0.39 is 0 Å². The van der Waals surface area contributed by atoms with Gasteiger partial charge >= 0.3 is 0 Å². The lowest BCUT2D eigenvalue weighted by molar-refractivity contribution is 0.101. The first kappa shape index (κ1) is 12.2. The fourth-order valence-electron chi connectivity index (χ4n) is 1.78. The summed E-state index contributed by atoms with van der Waals surface area (Å²) in [5.74, 6) is 0.449. The molecule has 0 aliphatic heterocycles. The molecule has 3 aromatic rings. The predicted molar refractivity (Wildman–Crippen MR) is 73.3 cm³/mol. The number of aromatic nitrogens is 5. The molecule has 2 N–H and O–H groups in total. The van der Waals surface area contributed by atoms with Gasteiger partial charge in [-0.2, -0.15) is 0 Å². The van der Waals surface area contributed by atoms with E-state index in [9.17, 15) is 4.79 Å². The number of H-pyrrole nitrogens is 1. The quantitative estimate of drug-likeness (QED) is 0.751. The lowest BCUT2D eigenvalue weighted by Crippen LogP contribution is -2.13. The summed E-state index contributed by atoms with van der Waals surface area (Å²) < 4.78 is 0. The van der Waals surface area contributed by atoms with Crippen molar-refractivity contribution in [3.05, 3.63) is 42.2 Å². The van der Waals surface area contributed by atoms with Gasteiger partial charge < -0.3 is 5.32 Å². The maximum Gasteiger partial charge on any atom is 0.295 e. The number of nitrogens with one attached hydrogen (secondary N) is 2. The van der Waals surface area contributed by atoms with Gasteiger partial charge in [0.25, 0.3) is 5.91 Å². The van der Waals surface area contributed by atoms with Gasteiger partial charge in [-0.25, -0.2) is 4.98 Å². The fourth-order valence-corrected chi connectivity index (χ4v) is 1.78. The van der Waals surface area contributed by atoms with Crippen LogP contribution in [0, 0.1) is 0 Å². The molecule has 0 atom stereocenters. The number of rotatable bonds is 3. The van der Waals surface area contributed by atoms with E-state index in [0.29, 0.717) is 17.9 Å². The number of amides is 1. The average Bonchev–Trinajstić information content (AvgIpc) is 2.96. The first-order chi connectivity index (χ1) is 9.76. The number of hydrogen-bond donors (Lipinski definition) is 2. The number of nitrogens with zero attached hydrogens (tertiary/aromatic N) is 4. The van der Waals surface area contributed by atoms with Gasteiger partial charge in [0.05, 0.1) is 11.0 Å². The van der Waals surface area contributed by atoms with Gasteiger partial charge in [0.2, 0.25) is 5.82 Å². The zero-order valence-corrected chi connectivity index (χ0v) is 10.8. The van der Waals surface area contributed by atoms with Crippen molar-refractivity contribution in [3.63, 3.8) is 0 Å². The molecule has 0 fully saturated rings. The second-order valence-electron chi connectivity index (χ2n) is 4.17. The Kier molecular flexibility index (Phi) is 3.08. The van der Waals surface area contributed by atoms with Gasteiger partial charge in [-0.05, 0) is 18.2 Å². The smallest absolute Gasteiger partial charge is 0.295 e. The summed E-state index contributed by atoms with van der Waals surface area (Å²) in [6.45, 7) is 1.93. The van der Waals surface area contributed by atoms with Crippen molar-refractivity contribution in [1.29, 1.82) is 0 Å². The monoisotopic (exact) mass is 268 g/mol. The summed E-state index contributed by atoms with van der Waals surface area (Å²) in [7, 11) is 0. The minimum atomic E-state index is -0.357. The van der Waals surface area contributed by atoms with Crippen LogP contribution in [-0.4, -0.2) is 31.1 Å². The van der Waals surface area contributed by atoms with Crippen LogP contribution in [0.3, 0.4) is 0 Å². The third kappa shape index (κ3) is 2.33. The van der Waals surface area contributed by atoms with Gasteiger partial charge in [-0.1, -0.05) is 6.92 Å². The number of anilines is 1. The van der Waals surface area contributed by atoms with E-state index in [1.807, 2.05) is 6.92 Å². The van der Waals surface area contributed by atoms with Crippen LogP contribution in [0.25, 0.3) is 11.0 Å². The summed E-state index contributed by atoms with van der Waals surface area (Å²) in [6, 6.07) is 5.32. The van der Waals surface area contributed by atoms with Crippen LogP contribution in [0.4, 0.5) is 5.69 Å². The van der Waals surface area contributed by atoms with E-state index in [1.54, 1.807) is 30.6 Å². The molecular formula is C13H12N6O. The topological polar surface area (TPSA) is 96.5 Å². The van der Waals surface area contributed by atoms with E-state index in [4.69, 9.17) is 0 Å². The van der Waals surface area contributed by atoms with Gasteiger partial charge in [-0.15, -0.1) is 5.10 Å². The Bertz CT molecular complexity index is 766. The van der Waals surface area contributed by atoms with Gasteiger partial charge in [0.15, 0.2) is 0 Å².